The van der Waals surface area contributed by atoms with Crippen LogP contribution in [0.3, 0.4) is 0 Å². The third-order valence-electron chi connectivity index (χ3n) is 2.50. The molecule has 1 aromatic carbocycles. The average molecular weight is 190 g/mol. The van der Waals surface area contributed by atoms with Gasteiger partial charge in [-0.15, -0.1) is 0 Å². The fourth-order valence-electron chi connectivity index (χ4n) is 1.70. The molecule has 0 aliphatic carbocycles. The van der Waals surface area contributed by atoms with Gasteiger partial charge < -0.3 is 9.31 Å². The van der Waals surface area contributed by atoms with Crippen LogP contribution in [0.25, 0.3) is 0 Å². The van der Waals surface area contributed by atoms with Crippen molar-refractivity contribution in [2.24, 2.45) is 5.92 Å². The van der Waals surface area contributed by atoms with E-state index < -0.39 is 0 Å². The highest BCUT2D eigenvalue weighted by molar-refractivity contribution is 6.42. The van der Waals surface area contributed by atoms with E-state index in [0.29, 0.717) is 5.92 Å². The molecule has 0 aromatic heterocycles. The Hall–Kier alpha value is -0.795. The van der Waals surface area contributed by atoms with Crippen molar-refractivity contribution in [3.63, 3.8) is 0 Å². The van der Waals surface area contributed by atoms with Crippen LogP contribution in [0.4, 0.5) is 0 Å². The highest BCUT2D eigenvalue weighted by atomic mass is 16.6. The van der Waals surface area contributed by atoms with Crippen LogP contribution in [0.2, 0.25) is 6.82 Å². The lowest BCUT2D eigenvalue weighted by atomic mass is 9.90. The highest BCUT2D eigenvalue weighted by Crippen LogP contribution is 2.14. The third-order valence-corrected chi connectivity index (χ3v) is 2.50. The van der Waals surface area contributed by atoms with E-state index in [4.69, 9.17) is 9.31 Å². The first-order valence-electron chi connectivity index (χ1n) is 5.12. The van der Waals surface area contributed by atoms with E-state index in [1.54, 1.807) is 0 Å². The molecule has 74 valence electrons. The second-order valence-corrected chi connectivity index (χ2v) is 3.79. The summed E-state index contributed by atoms with van der Waals surface area (Å²) in [5.74, 6) is 0.508. The lowest BCUT2D eigenvalue weighted by Crippen LogP contribution is -2.34. The average Bonchev–Trinajstić information content (AvgIpc) is 2.23. The third kappa shape index (κ3) is 2.60. The summed E-state index contributed by atoms with van der Waals surface area (Å²) < 4.78 is 10.9. The molecule has 1 aromatic rings. The molecule has 2 rings (SSSR count). The lowest BCUT2D eigenvalue weighted by Gasteiger charge is -2.25. The Morgan fingerprint density at radius 3 is 2.50 bits per heavy atom. The van der Waals surface area contributed by atoms with E-state index in [0.717, 1.165) is 19.6 Å². The van der Waals surface area contributed by atoms with Gasteiger partial charge in [-0.1, -0.05) is 30.3 Å². The van der Waals surface area contributed by atoms with Gasteiger partial charge in [0, 0.05) is 19.1 Å². The molecular formula is C11H15BO2. The summed E-state index contributed by atoms with van der Waals surface area (Å²) in [6.07, 6.45) is 1.05. The van der Waals surface area contributed by atoms with Gasteiger partial charge in [-0.2, -0.15) is 0 Å². The number of hydrogen-bond donors (Lipinski definition) is 0. The van der Waals surface area contributed by atoms with Crippen molar-refractivity contribution >= 4 is 7.12 Å². The minimum Gasteiger partial charge on any atom is -0.411 e. The molecule has 1 saturated heterocycles. The predicted octanol–water partition coefficient (Wildman–Crippen LogP) is 2.01. The molecule has 0 saturated carbocycles. The minimum absolute atomic E-state index is 0.0259. The molecule has 0 amide bonds. The van der Waals surface area contributed by atoms with Crippen molar-refractivity contribution in [1.29, 1.82) is 0 Å². The molecule has 0 unspecified atom stereocenters. The fraction of sp³-hybridized carbons (Fsp3) is 0.455. The first-order chi connectivity index (χ1) is 6.84. The number of benzene rings is 1. The van der Waals surface area contributed by atoms with Gasteiger partial charge in [0.05, 0.1) is 0 Å². The van der Waals surface area contributed by atoms with E-state index in [1.807, 2.05) is 12.9 Å². The normalized spacial score (nSPS) is 18.5. The summed E-state index contributed by atoms with van der Waals surface area (Å²) in [4.78, 5) is 0. The molecule has 2 nitrogen and oxygen atoms in total. The number of rotatable bonds is 2. The Balaban J connectivity index is 1.87. The Morgan fingerprint density at radius 1 is 1.21 bits per heavy atom. The van der Waals surface area contributed by atoms with E-state index in [9.17, 15) is 0 Å². The van der Waals surface area contributed by atoms with Gasteiger partial charge in [0.15, 0.2) is 0 Å². The first kappa shape index (κ1) is 9.75. The first-order valence-corrected chi connectivity index (χ1v) is 5.12. The number of hydrogen-bond acceptors (Lipinski definition) is 2. The van der Waals surface area contributed by atoms with Gasteiger partial charge in [-0.3, -0.25) is 0 Å². The molecule has 14 heavy (non-hydrogen) atoms. The standard InChI is InChI=1S/C11H15BO2/c1-12-13-8-11(9-14-12)7-10-5-3-2-4-6-10/h2-6,11H,7-9H2,1H3. The maximum atomic E-state index is 5.44. The molecular weight excluding hydrogens is 175 g/mol. The van der Waals surface area contributed by atoms with Crippen LogP contribution in [0.1, 0.15) is 5.56 Å². The maximum Gasteiger partial charge on any atom is 0.453 e. The Labute approximate surface area is 85.4 Å². The predicted molar refractivity (Wildman–Crippen MR) is 57.2 cm³/mol. The van der Waals surface area contributed by atoms with Gasteiger partial charge in [0.25, 0.3) is 0 Å². The van der Waals surface area contributed by atoms with Crippen LogP contribution in [0.5, 0.6) is 0 Å². The zero-order valence-electron chi connectivity index (χ0n) is 8.48. The highest BCUT2D eigenvalue weighted by Gasteiger charge is 2.22. The van der Waals surface area contributed by atoms with E-state index >= 15 is 0 Å². The zero-order chi connectivity index (χ0) is 9.80. The molecule has 0 atom stereocenters. The van der Waals surface area contributed by atoms with Gasteiger partial charge >= 0.3 is 7.12 Å². The maximum absolute atomic E-state index is 5.44. The second-order valence-electron chi connectivity index (χ2n) is 3.79. The van der Waals surface area contributed by atoms with Crippen LogP contribution in [0.15, 0.2) is 30.3 Å². The van der Waals surface area contributed by atoms with Crippen LogP contribution in [0, 0.1) is 5.92 Å². The van der Waals surface area contributed by atoms with Crippen molar-refractivity contribution < 1.29 is 9.31 Å². The van der Waals surface area contributed by atoms with Crippen molar-refractivity contribution in [3.05, 3.63) is 35.9 Å². The quantitative estimate of drug-likeness (QED) is 0.664. The SMILES string of the molecule is CB1OCC(Cc2ccccc2)CO1. The smallest absolute Gasteiger partial charge is 0.411 e. The van der Waals surface area contributed by atoms with Gasteiger partial charge in [-0.05, 0) is 18.8 Å². The monoisotopic (exact) mass is 190 g/mol. The topological polar surface area (TPSA) is 18.5 Å². The summed E-state index contributed by atoms with van der Waals surface area (Å²) in [7, 11) is -0.0259. The van der Waals surface area contributed by atoms with E-state index in [-0.39, 0.29) is 7.12 Å². The fourth-order valence-corrected chi connectivity index (χ4v) is 1.70. The summed E-state index contributed by atoms with van der Waals surface area (Å²) in [6.45, 7) is 3.57. The summed E-state index contributed by atoms with van der Waals surface area (Å²) in [6, 6.07) is 10.5. The molecule has 0 spiro atoms. The van der Waals surface area contributed by atoms with E-state index in [1.165, 1.54) is 5.56 Å². The summed E-state index contributed by atoms with van der Waals surface area (Å²) in [5, 5.41) is 0. The lowest BCUT2D eigenvalue weighted by molar-refractivity contribution is 0.0831. The molecule has 0 radical (unpaired) electrons. The van der Waals surface area contributed by atoms with Crippen molar-refractivity contribution in [2.45, 2.75) is 13.2 Å². The van der Waals surface area contributed by atoms with Crippen LogP contribution >= 0.6 is 0 Å². The van der Waals surface area contributed by atoms with Crippen LogP contribution < -0.4 is 0 Å². The molecule has 0 bridgehead atoms. The molecule has 3 heteroatoms. The van der Waals surface area contributed by atoms with Gasteiger partial charge in [-0.25, -0.2) is 0 Å². The van der Waals surface area contributed by atoms with Crippen molar-refractivity contribution in [2.75, 3.05) is 13.2 Å². The van der Waals surface area contributed by atoms with Crippen LogP contribution in [-0.4, -0.2) is 20.3 Å². The largest absolute Gasteiger partial charge is 0.453 e. The molecule has 0 N–H and O–H groups in total. The Kier molecular flexibility index (Phi) is 3.22. The minimum atomic E-state index is -0.0259. The van der Waals surface area contributed by atoms with E-state index in [2.05, 4.69) is 24.3 Å². The second kappa shape index (κ2) is 4.62. The summed E-state index contributed by atoms with van der Waals surface area (Å²) >= 11 is 0. The molecule has 1 aliphatic heterocycles. The van der Waals surface area contributed by atoms with Crippen LogP contribution in [-0.2, 0) is 15.7 Å². The van der Waals surface area contributed by atoms with Crippen molar-refractivity contribution in [1.82, 2.24) is 0 Å². The summed E-state index contributed by atoms with van der Waals surface area (Å²) in [5.41, 5.74) is 1.36. The molecule has 1 heterocycles. The van der Waals surface area contributed by atoms with Gasteiger partial charge in [0.2, 0.25) is 0 Å². The molecule has 1 aliphatic rings. The molecule has 1 fully saturated rings. The van der Waals surface area contributed by atoms with Gasteiger partial charge in [0.1, 0.15) is 0 Å². The van der Waals surface area contributed by atoms with Crippen molar-refractivity contribution in [3.8, 4) is 0 Å². The zero-order valence-corrected chi connectivity index (χ0v) is 8.48. The Bertz CT molecular complexity index is 268. The Morgan fingerprint density at radius 2 is 1.86 bits per heavy atom.